The van der Waals surface area contributed by atoms with E-state index >= 15 is 0 Å². The molecule has 0 radical (unpaired) electrons. The van der Waals surface area contributed by atoms with Gasteiger partial charge in [-0.05, 0) is 151 Å². The van der Waals surface area contributed by atoms with Crippen LogP contribution in [-0.2, 0) is 92.8 Å². The molecule has 24 N–H and O–H groups in total. The highest BCUT2D eigenvalue weighted by Gasteiger charge is 2.43. The summed E-state index contributed by atoms with van der Waals surface area (Å²) in [5.74, 6) is -16.7. The average Bonchev–Trinajstić information content (AvgIpc) is 1.37. The number of unbranched alkanes of at least 4 members (excludes halogenated alkanes) is 1. The molecule has 137 heavy (non-hydrogen) atoms. The lowest BCUT2D eigenvalue weighted by Gasteiger charge is -2.31. The molecule has 42 nitrogen and oxygen atoms in total. The largest absolute Gasteiger partial charge is 0.508 e. The van der Waals surface area contributed by atoms with Crippen LogP contribution in [0.1, 0.15) is 132 Å². The van der Waals surface area contributed by atoms with Crippen molar-refractivity contribution in [3.8, 4) is 28.4 Å². The van der Waals surface area contributed by atoms with Crippen molar-refractivity contribution < 1.29 is 107 Å². The molecule has 0 aliphatic carbocycles. The number of likely N-dealkylation sites (tertiary alicyclic amines) is 1. The Morgan fingerprint density at radius 1 is 0.555 bits per heavy atom. The number of fused-ring (bicyclic) bond motifs is 2. The predicted octanol–water partition coefficient (Wildman–Crippen LogP) is 2.90. The number of benzene rings is 5. The molecule has 0 unspecified atom stereocenters. The van der Waals surface area contributed by atoms with E-state index in [-0.39, 0.29) is 134 Å². The van der Waals surface area contributed by atoms with Gasteiger partial charge in [0.05, 0.1) is 63.7 Å². The molecule has 0 bridgehead atoms. The van der Waals surface area contributed by atoms with Gasteiger partial charge in [-0.25, -0.2) is 24.0 Å². The molecule has 1 fully saturated rings. The zero-order valence-corrected chi connectivity index (χ0v) is 79.9. The number of halogens is 1. The number of hydrogen-bond donors (Lipinski definition) is 24. The fourth-order valence-electron chi connectivity index (χ4n) is 15.4. The molecular formula is C92H116IN20O22S2+. The fourth-order valence-corrected chi connectivity index (χ4v) is 16.4. The Morgan fingerprint density at radius 3 is 1.64 bits per heavy atom. The number of urea groups is 1. The number of phenols is 3. The smallest absolute Gasteiger partial charge is 0.365 e. The van der Waals surface area contributed by atoms with E-state index < -0.39 is 192 Å². The van der Waals surface area contributed by atoms with E-state index in [4.69, 9.17) is 15.9 Å². The molecular weight excluding hydrogens is 1930 g/mol. The van der Waals surface area contributed by atoms with Crippen LogP contribution in [0.3, 0.4) is 0 Å². The van der Waals surface area contributed by atoms with Crippen LogP contribution in [0.2, 0.25) is 0 Å². The lowest BCUT2D eigenvalue weighted by Crippen LogP contribution is -2.62. The molecule has 1 aliphatic rings. The van der Waals surface area contributed by atoms with E-state index in [0.29, 0.717) is 61.7 Å². The van der Waals surface area contributed by atoms with Crippen molar-refractivity contribution in [2.75, 3.05) is 36.5 Å². The molecule has 4 heterocycles. The number of carboxylic acid groups (broad SMARTS) is 2. The Bertz CT molecular complexity index is 5610. The van der Waals surface area contributed by atoms with Gasteiger partial charge in [0.25, 0.3) is 0 Å². The standard InChI is InChI=1S/C92H115IN20O22S2/c1-7-48(6)78(89(130)104-62(79(95)120)28-46(2)3)112-86(127)67(35-53-40-97-45-101-53)107-87(128)69(42-136)110-81(122)63(29-47(4)5)105-85(126)68(38-76(118)119)108-83(124)65(32-50-18-25-72(116)60(93)30-50)109-88(129)71-17-13-27-113(71)90(131)70(43-137)111-84(125)66(34-52-39-96-44-100-52)106-82(123)64(31-49-14-9-8-10-15-49)103-75(117)41-99-80(121)61(94)16-11-12-26-98-92(134)102-51-19-22-56(59(33-51)91(132)133)77-57-23-20-54(114)36-73(57)135-74-37-55(115)21-24-58(74)77/h8-10,14-15,18-25,30,33,36-37,39-40,44-48,61-71,78H,7,11-13,16-17,26-29,31-32,34-35,38,41-43,94H2,1-6H3,(H23-,95,96,97,98,99,100,101,102,103,104,105,106,107,108,109,110,111,112,114,115,116,117,118,119,120,121,122,123,124,125,126,127,128,129,130,132,133,134,136,137)/p+1/t48-,61+,62-,63-,64-,65-,66-,67-,68-,69-,70-,71-,78-/m0/s1. The molecule has 45 heteroatoms. The summed E-state index contributed by atoms with van der Waals surface area (Å²) in [6.07, 6.45) is 4.75. The number of anilines is 1. The minimum absolute atomic E-state index is 0.00218. The highest BCUT2D eigenvalue weighted by atomic mass is 127. The second kappa shape index (κ2) is 51.3. The second-order valence-corrected chi connectivity index (χ2v) is 36.0. The van der Waals surface area contributed by atoms with Crippen molar-refractivity contribution in [1.82, 2.24) is 88.6 Å². The highest BCUT2D eigenvalue weighted by Crippen LogP contribution is 2.41. The number of nitrogens with zero attached hydrogens (tertiary/aromatic N) is 3. The molecule has 15 amide bonds. The number of carbonyl (C=O) groups excluding carboxylic acids is 14. The lowest BCUT2D eigenvalue weighted by molar-refractivity contribution is -0.142. The van der Waals surface area contributed by atoms with Crippen LogP contribution < -0.4 is 80.6 Å². The number of amides is 15. The van der Waals surface area contributed by atoms with Crippen molar-refractivity contribution >= 4 is 170 Å². The Kier molecular flexibility index (Phi) is 40.1. The Hall–Kier alpha value is -13.7. The summed E-state index contributed by atoms with van der Waals surface area (Å²) in [6.45, 7) is 9.89. The second-order valence-electron chi connectivity index (χ2n) is 34.1. The van der Waals surface area contributed by atoms with E-state index in [2.05, 4.69) is 114 Å². The maximum atomic E-state index is 14.9. The fraction of sp³-hybridized carbons (Fsp3) is 0.424. The van der Waals surface area contributed by atoms with Gasteiger partial charge in [-0.2, -0.15) is 25.3 Å². The number of nitrogens with one attached hydrogen (secondary N) is 15. The number of hydrogen-bond acceptors (Lipinski definition) is 24. The average molecular weight is 2050 g/mol. The number of aromatic nitrogens is 4. The number of nitrogens with two attached hydrogens (primary N) is 2. The monoisotopic (exact) mass is 2040 g/mol. The molecule has 3 aromatic heterocycles. The maximum absolute atomic E-state index is 14.9. The molecule has 9 rings (SSSR count). The van der Waals surface area contributed by atoms with Crippen LogP contribution in [-0.4, -0.2) is 249 Å². The summed E-state index contributed by atoms with van der Waals surface area (Å²) in [4.78, 5) is 238. The summed E-state index contributed by atoms with van der Waals surface area (Å²) in [5, 5.41) is 86.4. The summed E-state index contributed by atoms with van der Waals surface area (Å²) >= 11 is 10.6. The number of aliphatic carboxylic acids is 1. The topological polar surface area (TPSA) is 655 Å². The number of aromatic amines is 2. The summed E-state index contributed by atoms with van der Waals surface area (Å²) < 4.78 is 6.27. The van der Waals surface area contributed by atoms with Crippen LogP contribution in [0.15, 0.2) is 133 Å². The molecule has 1 aliphatic heterocycles. The van der Waals surface area contributed by atoms with Crippen LogP contribution in [0, 0.1) is 21.3 Å². The summed E-state index contributed by atoms with van der Waals surface area (Å²) in [5.41, 5.74) is 14.6. The van der Waals surface area contributed by atoms with Gasteiger partial charge in [-0.1, -0.05) is 90.4 Å². The highest BCUT2D eigenvalue weighted by molar-refractivity contribution is 14.1. The van der Waals surface area contributed by atoms with E-state index in [9.17, 15) is 102 Å². The van der Waals surface area contributed by atoms with E-state index in [1.54, 1.807) is 70.2 Å². The number of aromatic hydroxyl groups is 3. The van der Waals surface area contributed by atoms with Gasteiger partial charge in [0.15, 0.2) is 0 Å². The van der Waals surface area contributed by atoms with Crippen molar-refractivity contribution in [3.05, 3.63) is 160 Å². The molecule has 8 aromatic rings. The number of carbonyl (C=O) groups is 16. The van der Waals surface area contributed by atoms with Crippen molar-refractivity contribution in [2.45, 2.75) is 198 Å². The quantitative estimate of drug-likeness (QED) is 0.00857. The third kappa shape index (κ3) is 31.4. The zero-order chi connectivity index (χ0) is 100. The van der Waals surface area contributed by atoms with Gasteiger partial charge >= 0.3 is 29.1 Å². The SMILES string of the molecule is CC[C@H](C)[C@H](NC(=O)[C@H](Cc1cnc[nH]1)NC(=O)[C@H](CS)NC(=O)[C@H](CC(C)C)NC(=O)[C@H](CC(=O)O)NC(=O)[C@H](Cc1ccc(O)c(I)c1)NC(=O)[C@@H]1CCCN1C(=O)[C@H](CS)NC(=O)[C@H](Cc1cnc[nH]1)NC(=O)[C@H](Cc1ccccc1)NC(=O)CNC(=O)[C@H](N)CCCCNC(=O)Nc1ccc(-c2c3ccc(O)cc3[o+]c3cc(O)ccc23)c(C(=O)O)c1)C(=O)N[C@@H](CC(C)C)C(N)=O. The third-order valence-corrected chi connectivity index (χ3v) is 24.3. The number of rotatable bonds is 50. The maximum Gasteiger partial charge on any atom is 0.365 e. The number of aromatic carboxylic acids is 1. The lowest BCUT2D eigenvalue weighted by atomic mass is 9.93. The first-order valence-electron chi connectivity index (χ1n) is 44.4. The van der Waals surface area contributed by atoms with E-state index in [0.717, 1.165) is 4.90 Å². The van der Waals surface area contributed by atoms with Crippen molar-refractivity contribution in [2.24, 2.45) is 29.2 Å². The zero-order valence-electron chi connectivity index (χ0n) is 76.0. The number of carboxylic acids is 2. The van der Waals surface area contributed by atoms with E-state index in [1.807, 2.05) is 36.4 Å². The van der Waals surface area contributed by atoms with Crippen LogP contribution >= 0.6 is 47.8 Å². The first kappa shape index (κ1) is 107. The Balaban J connectivity index is 0.813. The molecule has 13 atom stereocenters. The number of phenolic OH excluding ortho intramolecular Hbond substituents is 3. The number of thiol groups is 2. The van der Waals surface area contributed by atoms with Gasteiger partial charge in [0, 0.05) is 85.3 Å². The van der Waals surface area contributed by atoms with E-state index in [1.165, 1.54) is 85.7 Å². The van der Waals surface area contributed by atoms with Crippen LogP contribution in [0.25, 0.3) is 33.1 Å². The summed E-state index contributed by atoms with van der Waals surface area (Å²) in [6, 6.07) is 7.65. The Labute approximate surface area is 812 Å². The van der Waals surface area contributed by atoms with Crippen molar-refractivity contribution in [3.63, 3.8) is 0 Å². The predicted molar refractivity (Wildman–Crippen MR) is 517 cm³/mol. The van der Waals surface area contributed by atoms with Gasteiger partial charge in [0.1, 0.15) is 83.7 Å². The van der Waals surface area contributed by atoms with Crippen molar-refractivity contribution in [1.29, 1.82) is 0 Å². The molecule has 5 aromatic carbocycles. The third-order valence-electron chi connectivity index (χ3n) is 22.7. The summed E-state index contributed by atoms with van der Waals surface area (Å²) in [7, 11) is 0. The molecule has 734 valence electrons. The number of H-pyrrole nitrogens is 2. The van der Waals surface area contributed by atoms with Gasteiger partial charge in [-0.3, -0.25) is 67.1 Å². The Morgan fingerprint density at radius 2 is 1.08 bits per heavy atom. The molecule has 1 saturated heterocycles. The minimum atomic E-state index is -1.98. The van der Waals surface area contributed by atoms with Gasteiger partial charge in [-0.15, -0.1) is 0 Å². The first-order valence-corrected chi connectivity index (χ1v) is 46.7. The van der Waals surface area contributed by atoms with Crippen LogP contribution in [0.5, 0.6) is 17.2 Å². The first-order chi connectivity index (χ1) is 65.2. The van der Waals surface area contributed by atoms with Crippen LogP contribution in [0.4, 0.5) is 10.5 Å². The number of imidazole rings is 2. The van der Waals surface area contributed by atoms with Gasteiger partial charge in [0.2, 0.25) is 76.8 Å². The molecule has 0 saturated carbocycles. The normalized spacial score (nSPS) is 15.0. The molecule has 0 spiro atoms. The van der Waals surface area contributed by atoms with Gasteiger partial charge < -0.3 is 121 Å². The number of primary amides is 1. The minimum Gasteiger partial charge on any atom is -0.508 e.